The molecule has 0 radical (unpaired) electrons. The SMILES string of the molecule is O=C1CCC(N2Cc3ccc(CN4CCNCC4CC(F)(F)F)cc3C2=O)C(=O)N1. The number of benzene rings is 1. The van der Waals surface area contributed by atoms with Crippen molar-refractivity contribution in [3.63, 3.8) is 0 Å². The number of hydrogen-bond donors (Lipinski definition) is 2. The zero-order chi connectivity index (χ0) is 21.5. The number of piperidine rings is 1. The molecular weight excluding hydrogens is 401 g/mol. The Labute approximate surface area is 171 Å². The van der Waals surface area contributed by atoms with Crippen molar-refractivity contribution in [1.82, 2.24) is 20.4 Å². The highest BCUT2D eigenvalue weighted by atomic mass is 19.4. The molecule has 1 aromatic carbocycles. The molecule has 0 aliphatic carbocycles. The minimum atomic E-state index is -4.24. The van der Waals surface area contributed by atoms with Crippen LogP contribution in [0.4, 0.5) is 13.2 Å². The first kappa shape index (κ1) is 20.8. The van der Waals surface area contributed by atoms with Crippen molar-refractivity contribution in [2.45, 2.75) is 50.6 Å². The Hall–Kier alpha value is -2.46. The Kier molecular flexibility index (Phi) is 5.54. The molecule has 3 aliphatic heterocycles. The molecule has 1 aromatic rings. The second-order valence-corrected chi connectivity index (χ2v) is 8.04. The second-order valence-electron chi connectivity index (χ2n) is 8.04. The molecule has 2 fully saturated rings. The van der Waals surface area contributed by atoms with Gasteiger partial charge in [-0.1, -0.05) is 12.1 Å². The lowest BCUT2D eigenvalue weighted by Gasteiger charge is -2.36. The summed E-state index contributed by atoms with van der Waals surface area (Å²) in [7, 11) is 0. The molecule has 0 saturated carbocycles. The molecule has 3 amide bonds. The molecule has 10 heteroatoms. The smallest absolute Gasteiger partial charge is 0.322 e. The molecule has 3 aliphatic rings. The highest BCUT2D eigenvalue weighted by molar-refractivity contribution is 6.05. The lowest BCUT2D eigenvalue weighted by Crippen LogP contribution is -2.52. The van der Waals surface area contributed by atoms with Gasteiger partial charge in [0.1, 0.15) is 6.04 Å². The van der Waals surface area contributed by atoms with E-state index in [0.29, 0.717) is 25.2 Å². The van der Waals surface area contributed by atoms with Gasteiger partial charge in [-0.25, -0.2) is 0 Å². The van der Waals surface area contributed by atoms with Crippen LogP contribution in [0, 0.1) is 0 Å². The van der Waals surface area contributed by atoms with Crippen LogP contribution in [-0.2, 0) is 22.7 Å². The standard InChI is InChI=1S/C20H23F3N4O3/c21-20(22,23)8-14-9-24-5-6-26(14)10-12-1-2-13-11-27(19(30)15(13)7-12)16-3-4-17(28)25-18(16)29/h1-2,7,14,16,24H,3-6,8-11H2,(H,25,28,29). The van der Waals surface area contributed by atoms with E-state index in [4.69, 9.17) is 0 Å². The van der Waals surface area contributed by atoms with E-state index in [2.05, 4.69) is 10.6 Å². The average molecular weight is 424 g/mol. The van der Waals surface area contributed by atoms with Gasteiger partial charge in [0.15, 0.2) is 0 Å². The highest BCUT2D eigenvalue weighted by Crippen LogP contribution is 2.30. The zero-order valence-electron chi connectivity index (χ0n) is 16.3. The van der Waals surface area contributed by atoms with Crippen LogP contribution in [0.1, 0.15) is 40.7 Å². The summed E-state index contributed by atoms with van der Waals surface area (Å²) in [6, 6.07) is 4.01. The normalized spacial score (nSPS) is 25.4. The molecule has 2 atom stereocenters. The fourth-order valence-electron chi connectivity index (χ4n) is 4.41. The van der Waals surface area contributed by atoms with Crippen LogP contribution in [0.25, 0.3) is 0 Å². The van der Waals surface area contributed by atoms with E-state index < -0.39 is 30.6 Å². The van der Waals surface area contributed by atoms with Gasteiger partial charge in [-0.3, -0.25) is 24.6 Å². The van der Waals surface area contributed by atoms with E-state index in [-0.39, 0.29) is 37.7 Å². The Bertz CT molecular complexity index is 873. The van der Waals surface area contributed by atoms with Crippen molar-refractivity contribution >= 4 is 17.7 Å². The minimum absolute atomic E-state index is 0.186. The fraction of sp³-hybridized carbons (Fsp3) is 0.550. The Morgan fingerprint density at radius 3 is 2.70 bits per heavy atom. The molecule has 0 spiro atoms. The van der Waals surface area contributed by atoms with Gasteiger partial charge < -0.3 is 10.2 Å². The molecule has 162 valence electrons. The second kappa shape index (κ2) is 7.99. The summed E-state index contributed by atoms with van der Waals surface area (Å²) in [6.45, 7) is 1.98. The van der Waals surface area contributed by atoms with Crippen molar-refractivity contribution in [2.75, 3.05) is 19.6 Å². The Morgan fingerprint density at radius 1 is 1.17 bits per heavy atom. The summed E-state index contributed by atoms with van der Waals surface area (Å²) in [5.41, 5.74) is 2.02. The molecular formula is C20H23F3N4O3. The van der Waals surface area contributed by atoms with Gasteiger partial charge in [0.2, 0.25) is 11.8 Å². The van der Waals surface area contributed by atoms with Crippen LogP contribution in [-0.4, -0.2) is 65.4 Å². The number of nitrogens with zero attached hydrogens (tertiary/aromatic N) is 2. The summed E-state index contributed by atoms with van der Waals surface area (Å²) < 4.78 is 38.7. The third-order valence-electron chi connectivity index (χ3n) is 5.92. The largest absolute Gasteiger partial charge is 0.390 e. The van der Waals surface area contributed by atoms with Crippen LogP contribution in [0.5, 0.6) is 0 Å². The van der Waals surface area contributed by atoms with Crippen molar-refractivity contribution in [1.29, 1.82) is 0 Å². The number of piperazine rings is 1. The molecule has 7 nitrogen and oxygen atoms in total. The molecule has 2 unspecified atom stereocenters. The number of rotatable bonds is 4. The lowest BCUT2D eigenvalue weighted by molar-refractivity contribution is -0.149. The first-order valence-electron chi connectivity index (χ1n) is 9.99. The summed E-state index contributed by atoms with van der Waals surface area (Å²) in [5.74, 6) is -1.09. The number of imide groups is 1. The van der Waals surface area contributed by atoms with Gasteiger partial charge in [-0.05, 0) is 23.6 Å². The number of carbonyl (C=O) groups excluding carboxylic acids is 3. The molecule has 0 aromatic heterocycles. The Morgan fingerprint density at radius 2 is 1.97 bits per heavy atom. The Balaban J connectivity index is 1.48. The van der Waals surface area contributed by atoms with Gasteiger partial charge in [-0.2, -0.15) is 13.2 Å². The third kappa shape index (κ3) is 4.34. The van der Waals surface area contributed by atoms with Crippen molar-refractivity contribution < 1.29 is 27.6 Å². The summed E-state index contributed by atoms with van der Waals surface area (Å²) >= 11 is 0. The number of nitrogens with one attached hydrogen (secondary N) is 2. The van der Waals surface area contributed by atoms with Crippen LogP contribution >= 0.6 is 0 Å². The number of halogens is 3. The number of amides is 3. The number of alkyl halides is 3. The molecule has 0 bridgehead atoms. The minimum Gasteiger partial charge on any atom is -0.322 e. The summed E-state index contributed by atoms with van der Waals surface area (Å²) in [6.07, 6.45) is -4.64. The first-order valence-corrected chi connectivity index (χ1v) is 9.99. The number of fused-ring (bicyclic) bond motifs is 1. The first-order chi connectivity index (χ1) is 14.2. The van der Waals surface area contributed by atoms with E-state index in [9.17, 15) is 27.6 Å². The van der Waals surface area contributed by atoms with E-state index in [1.807, 2.05) is 6.07 Å². The van der Waals surface area contributed by atoms with Crippen molar-refractivity contribution in [3.8, 4) is 0 Å². The van der Waals surface area contributed by atoms with E-state index in [0.717, 1.165) is 11.1 Å². The van der Waals surface area contributed by atoms with E-state index in [1.165, 1.54) is 4.90 Å². The lowest BCUT2D eigenvalue weighted by atomic mass is 10.0. The summed E-state index contributed by atoms with van der Waals surface area (Å²) in [4.78, 5) is 39.7. The molecule has 3 heterocycles. The fourth-order valence-corrected chi connectivity index (χ4v) is 4.41. The maximum Gasteiger partial charge on any atom is 0.390 e. The third-order valence-corrected chi connectivity index (χ3v) is 5.92. The average Bonchev–Trinajstić information content (AvgIpc) is 2.98. The van der Waals surface area contributed by atoms with Crippen LogP contribution in [0.3, 0.4) is 0 Å². The topological polar surface area (TPSA) is 81.8 Å². The van der Waals surface area contributed by atoms with Gasteiger partial charge in [0.25, 0.3) is 5.91 Å². The number of hydrogen-bond acceptors (Lipinski definition) is 5. The highest BCUT2D eigenvalue weighted by Gasteiger charge is 2.39. The van der Waals surface area contributed by atoms with Crippen LogP contribution in [0.15, 0.2) is 18.2 Å². The van der Waals surface area contributed by atoms with Crippen molar-refractivity contribution in [3.05, 3.63) is 34.9 Å². The van der Waals surface area contributed by atoms with E-state index >= 15 is 0 Å². The van der Waals surface area contributed by atoms with E-state index in [1.54, 1.807) is 17.0 Å². The molecule has 2 N–H and O–H groups in total. The predicted molar refractivity (Wildman–Crippen MR) is 100 cm³/mol. The van der Waals surface area contributed by atoms with Gasteiger partial charge in [-0.15, -0.1) is 0 Å². The number of carbonyl (C=O) groups is 3. The molecule has 4 rings (SSSR count). The maximum absolute atomic E-state index is 12.9. The van der Waals surface area contributed by atoms with Crippen molar-refractivity contribution in [2.24, 2.45) is 0 Å². The predicted octanol–water partition coefficient (Wildman–Crippen LogP) is 1.17. The summed E-state index contributed by atoms with van der Waals surface area (Å²) in [5, 5.41) is 5.27. The monoisotopic (exact) mass is 424 g/mol. The van der Waals surface area contributed by atoms with Gasteiger partial charge in [0, 0.05) is 50.7 Å². The zero-order valence-corrected chi connectivity index (χ0v) is 16.3. The molecule has 30 heavy (non-hydrogen) atoms. The maximum atomic E-state index is 12.9. The quantitative estimate of drug-likeness (QED) is 0.710. The molecule has 2 saturated heterocycles. The van der Waals surface area contributed by atoms with Crippen LogP contribution in [0.2, 0.25) is 0 Å². The van der Waals surface area contributed by atoms with Gasteiger partial charge >= 0.3 is 6.18 Å². The van der Waals surface area contributed by atoms with Gasteiger partial charge in [0.05, 0.1) is 6.42 Å². The van der Waals surface area contributed by atoms with Crippen LogP contribution < -0.4 is 10.6 Å².